The van der Waals surface area contributed by atoms with Crippen LogP contribution in [0.5, 0.6) is 0 Å². The Morgan fingerprint density at radius 3 is 3.00 bits per heavy atom. The maximum Gasteiger partial charge on any atom is 0.309 e. The standard InChI is InChI=1S/C11H11NO3S/c1-2-7(11(14)15)10-12-8-4-3-6(13)5-9(8)16-10/h3-5,7,10H,2H2,1H3,(H,14,15). The molecule has 2 unspecified atom stereocenters. The van der Waals surface area contributed by atoms with E-state index < -0.39 is 11.9 Å². The Morgan fingerprint density at radius 2 is 2.38 bits per heavy atom. The van der Waals surface area contributed by atoms with Gasteiger partial charge in [0.2, 0.25) is 0 Å². The van der Waals surface area contributed by atoms with Gasteiger partial charge in [-0.3, -0.25) is 14.6 Å². The van der Waals surface area contributed by atoms with Gasteiger partial charge in [0.15, 0.2) is 5.78 Å². The predicted molar refractivity (Wildman–Crippen MR) is 62.5 cm³/mol. The second-order valence-corrected chi connectivity index (χ2v) is 4.78. The van der Waals surface area contributed by atoms with E-state index >= 15 is 0 Å². The Balaban J connectivity index is 2.22. The molecular formula is C11H11NO3S. The van der Waals surface area contributed by atoms with Crippen LogP contribution in [0, 0.1) is 5.92 Å². The number of hydrogen-bond acceptors (Lipinski definition) is 4. The summed E-state index contributed by atoms with van der Waals surface area (Å²) in [6.07, 6.45) is 5.15. The Bertz CT molecular complexity index is 437. The molecule has 0 spiro atoms. The SMILES string of the molecule is CCC(C(=O)O)C1N=C2C=CC(=O)C=C2S1. The van der Waals surface area contributed by atoms with Crippen LogP contribution in [0.25, 0.3) is 0 Å². The van der Waals surface area contributed by atoms with Crippen LogP contribution >= 0.6 is 11.8 Å². The first-order chi connectivity index (χ1) is 7.61. The number of carboxylic acids is 1. The highest BCUT2D eigenvalue weighted by Gasteiger charge is 2.33. The number of carboxylic acid groups (broad SMARTS) is 1. The average Bonchev–Trinajstić information content (AvgIpc) is 2.60. The first kappa shape index (κ1) is 11.1. The number of carbonyl (C=O) groups excluding carboxylic acids is 1. The molecule has 0 radical (unpaired) electrons. The fourth-order valence-corrected chi connectivity index (χ4v) is 2.98. The van der Waals surface area contributed by atoms with E-state index in [0.717, 1.165) is 10.6 Å². The van der Waals surface area contributed by atoms with Crippen LogP contribution in [0.15, 0.2) is 28.1 Å². The maximum atomic E-state index is 11.1. The third-order valence-corrected chi connectivity index (χ3v) is 3.80. The summed E-state index contributed by atoms with van der Waals surface area (Å²) in [6.45, 7) is 1.83. The van der Waals surface area contributed by atoms with Crippen molar-refractivity contribution in [2.75, 3.05) is 0 Å². The smallest absolute Gasteiger partial charge is 0.309 e. The van der Waals surface area contributed by atoms with Crippen molar-refractivity contribution in [2.45, 2.75) is 18.7 Å². The highest BCUT2D eigenvalue weighted by Crippen LogP contribution is 2.38. The molecule has 84 valence electrons. The van der Waals surface area contributed by atoms with Gasteiger partial charge in [-0.1, -0.05) is 18.7 Å². The third kappa shape index (κ3) is 1.95. The van der Waals surface area contributed by atoms with E-state index in [1.165, 1.54) is 23.9 Å². The number of hydrogen-bond donors (Lipinski definition) is 1. The van der Waals surface area contributed by atoms with E-state index in [0.29, 0.717) is 6.42 Å². The molecule has 0 fully saturated rings. The van der Waals surface area contributed by atoms with Crippen molar-refractivity contribution in [2.24, 2.45) is 10.9 Å². The first-order valence-electron chi connectivity index (χ1n) is 5.03. The zero-order valence-corrected chi connectivity index (χ0v) is 9.53. The molecule has 0 aromatic heterocycles. The van der Waals surface area contributed by atoms with Gasteiger partial charge < -0.3 is 5.11 Å². The van der Waals surface area contributed by atoms with Crippen LogP contribution in [0.2, 0.25) is 0 Å². The van der Waals surface area contributed by atoms with Crippen LogP contribution in [0.1, 0.15) is 13.3 Å². The Labute approximate surface area is 97.1 Å². The van der Waals surface area contributed by atoms with Gasteiger partial charge in [-0.05, 0) is 18.6 Å². The normalized spacial score (nSPS) is 24.8. The molecule has 2 atom stereocenters. The summed E-state index contributed by atoms with van der Waals surface area (Å²) < 4.78 is 0. The Morgan fingerprint density at radius 1 is 1.62 bits per heavy atom. The summed E-state index contributed by atoms with van der Waals surface area (Å²) in [5.74, 6) is -1.39. The molecule has 0 saturated heterocycles. The number of aliphatic imine (C=N–C) groups is 1. The van der Waals surface area contributed by atoms with Crippen molar-refractivity contribution in [3.05, 3.63) is 23.1 Å². The summed E-state index contributed by atoms with van der Waals surface area (Å²) in [4.78, 5) is 27.3. The molecule has 1 aliphatic heterocycles. The topological polar surface area (TPSA) is 66.7 Å². The number of carbonyl (C=O) groups is 2. The van der Waals surface area contributed by atoms with E-state index in [1.807, 2.05) is 6.92 Å². The minimum atomic E-state index is -0.834. The number of fused-ring (bicyclic) bond motifs is 1. The van der Waals surface area contributed by atoms with Crippen molar-refractivity contribution in [3.63, 3.8) is 0 Å². The molecule has 16 heavy (non-hydrogen) atoms. The van der Waals surface area contributed by atoms with E-state index in [4.69, 9.17) is 5.11 Å². The molecule has 0 aromatic rings. The highest BCUT2D eigenvalue weighted by atomic mass is 32.2. The fraction of sp³-hybridized carbons (Fsp3) is 0.364. The van der Waals surface area contributed by atoms with Crippen molar-refractivity contribution in [1.29, 1.82) is 0 Å². The Hall–Kier alpha value is -1.36. The summed E-state index contributed by atoms with van der Waals surface area (Å²) in [5.41, 5.74) is 0.731. The van der Waals surface area contributed by atoms with Crippen LogP contribution in [-0.2, 0) is 9.59 Å². The van der Waals surface area contributed by atoms with E-state index in [2.05, 4.69) is 4.99 Å². The average molecular weight is 237 g/mol. The summed E-state index contributed by atoms with van der Waals surface area (Å²) >= 11 is 1.36. The number of aliphatic carboxylic acids is 1. The fourth-order valence-electron chi connectivity index (χ4n) is 1.66. The second kappa shape index (κ2) is 4.25. The number of allylic oxidation sites excluding steroid dienone is 4. The second-order valence-electron chi connectivity index (χ2n) is 3.62. The molecule has 2 aliphatic rings. The third-order valence-electron chi connectivity index (χ3n) is 2.55. The molecular weight excluding hydrogens is 226 g/mol. The minimum Gasteiger partial charge on any atom is -0.481 e. The van der Waals surface area contributed by atoms with Gasteiger partial charge in [0.1, 0.15) is 5.37 Å². The quantitative estimate of drug-likeness (QED) is 0.758. The summed E-state index contributed by atoms with van der Waals surface area (Å²) in [5, 5.41) is 8.73. The van der Waals surface area contributed by atoms with E-state index in [1.54, 1.807) is 6.08 Å². The molecule has 2 rings (SSSR count). The molecule has 1 aliphatic carbocycles. The van der Waals surface area contributed by atoms with Crippen molar-refractivity contribution >= 4 is 29.2 Å². The van der Waals surface area contributed by atoms with Crippen LogP contribution in [-0.4, -0.2) is 27.9 Å². The zero-order chi connectivity index (χ0) is 11.7. The van der Waals surface area contributed by atoms with Crippen molar-refractivity contribution in [3.8, 4) is 0 Å². The molecule has 5 heteroatoms. The monoisotopic (exact) mass is 237 g/mol. The Kier molecular flexibility index (Phi) is 2.96. The molecule has 1 N–H and O–H groups in total. The van der Waals surface area contributed by atoms with Crippen LogP contribution in [0.4, 0.5) is 0 Å². The molecule has 0 bridgehead atoms. The van der Waals surface area contributed by atoms with Gasteiger partial charge in [0, 0.05) is 11.0 Å². The van der Waals surface area contributed by atoms with Gasteiger partial charge >= 0.3 is 5.97 Å². The molecule has 1 heterocycles. The van der Waals surface area contributed by atoms with E-state index in [-0.39, 0.29) is 11.2 Å². The first-order valence-corrected chi connectivity index (χ1v) is 5.91. The lowest BCUT2D eigenvalue weighted by atomic mass is 10.1. The van der Waals surface area contributed by atoms with Gasteiger partial charge in [-0.25, -0.2) is 0 Å². The number of thioether (sulfide) groups is 1. The van der Waals surface area contributed by atoms with Gasteiger partial charge in [-0.2, -0.15) is 0 Å². The minimum absolute atomic E-state index is 0.0644. The highest BCUT2D eigenvalue weighted by molar-refractivity contribution is 8.05. The predicted octanol–water partition coefficient (Wildman–Crippen LogP) is 1.63. The van der Waals surface area contributed by atoms with Gasteiger partial charge in [-0.15, -0.1) is 0 Å². The molecule has 0 saturated carbocycles. The van der Waals surface area contributed by atoms with E-state index in [9.17, 15) is 9.59 Å². The van der Waals surface area contributed by atoms with Crippen molar-refractivity contribution < 1.29 is 14.7 Å². The zero-order valence-electron chi connectivity index (χ0n) is 8.71. The maximum absolute atomic E-state index is 11.1. The largest absolute Gasteiger partial charge is 0.481 e. The van der Waals surface area contributed by atoms with Crippen LogP contribution in [0.3, 0.4) is 0 Å². The number of ketones is 1. The number of rotatable bonds is 3. The lowest BCUT2D eigenvalue weighted by Gasteiger charge is -2.13. The van der Waals surface area contributed by atoms with Crippen LogP contribution < -0.4 is 0 Å². The molecule has 0 amide bonds. The number of nitrogens with zero attached hydrogens (tertiary/aromatic N) is 1. The molecule has 0 aromatic carbocycles. The summed E-state index contributed by atoms with van der Waals surface area (Å²) in [6, 6.07) is 0. The van der Waals surface area contributed by atoms with Gasteiger partial charge in [0.25, 0.3) is 0 Å². The summed E-state index contributed by atoms with van der Waals surface area (Å²) in [7, 11) is 0. The van der Waals surface area contributed by atoms with Gasteiger partial charge in [0.05, 0.1) is 11.6 Å². The molecule has 4 nitrogen and oxygen atoms in total. The lowest BCUT2D eigenvalue weighted by molar-refractivity contribution is -0.141. The lowest BCUT2D eigenvalue weighted by Crippen LogP contribution is -2.22. The van der Waals surface area contributed by atoms with Crippen molar-refractivity contribution in [1.82, 2.24) is 0 Å².